The lowest BCUT2D eigenvalue weighted by atomic mass is 9.88. The van der Waals surface area contributed by atoms with Gasteiger partial charge in [-0.1, -0.05) is 6.07 Å². The summed E-state index contributed by atoms with van der Waals surface area (Å²) < 4.78 is 49.9. The predicted molar refractivity (Wildman–Crippen MR) is 144 cm³/mol. The van der Waals surface area contributed by atoms with Crippen LogP contribution in [0.4, 0.5) is 4.39 Å². The zero-order chi connectivity index (χ0) is 27.6. The van der Waals surface area contributed by atoms with Crippen molar-refractivity contribution in [2.24, 2.45) is 18.9 Å². The largest absolute Gasteiger partial charge is 0.477 e. The number of nitrogens with zero attached hydrogens (tertiary/aromatic N) is 7. The van der Waals surface area contributed by atoms with E-state index in [0.717, 1.165) is 27.7 Å². The first-order valence-electron chi connectivity index (χ1n) is 12.9. The zero-order valence-corrected chi connectivity index (χ0v) is 22.7. The predicted octanol–water partition coefficient (Wildman–Crippen LogP) is 3.26. The Morgan fingerprint density at radius 2 is 1.93 bits per heavy atom. The zero-order valence-electron chi connectivity index (χ0n) is 21.8. The van der Waals surface area contributed by atoms with Gasteiger partial charge in [-0.25, -0.2) is 22.5 Å². The van der Waals surface area contributed by atoms with E-state index in [4.69, 9.17) is 4.74 Å². The van der Waals surface area contributed by atoms with E-state index in [-0.39, 0.29) is 22.7 Å². The number of hydrogen-bond acceptors (Lipinski definition) is 7. The third-order valence-corrected chi connectivity index (χ3v) is 9.93. The number of aromatic nitrogens is 6. The quantitative estimate of drug-likeness (QED) is 0.301. The fourth-order valence-corrected chi connectivity index (χ4v) is 7.70. The molecule has 1 aliphatic carbocycles. The Hall–Kier alpha value is -4.16. The minimum atomic E-state index is -3.81. The van der Waals surface area contributed by atoms with Gasteiger partial charge in [-0.15, -0.1) is 5.10 Å². The number of hydrogen-bond donors (Lipinski definition) is 0. The Labute approximate surface area is 230 Å². The molecule has 40 heavy (non-hydrogen) atoms. The average molecular weight is 560 g/mol. The topological polar surface area (TPSA) is 108 Å². The Morgan fingerprint density at radius 1 is 1.10 bits per heavy atom. The lowest BCUT2D eigenvalue weighted by Crippen LogP contribution is -2.36. The van der Waals surface area contributed by atoms with E-state index in [1.165, 1.54) is 27.4 Å². The molecule has 3 aromatic heterocycles. The Morgan fingerprint density at radius 3 is 2.65 bits per heavy atom. The number of ether oxygens (including phenoxy) is 1. The number of pyridine rings is 1. The maximum Gasteiger partial charge on any atom is 0.264 e. The van der Waals surface area contributed by atoms with Crippen LogP contribution in [0.5, 0.6) is 5.88 Å². The van der Waals surface area contributed by atoms with E-state index < -0.39 is 15.4 Å². The molecule has 0 spiro atoms. The summed E-state index contributed by atoms with van der Waals surface area (Å²) in [5.74, 6) is 0.398. The molecule has 2 fully saturated rings. The van der Waals surface area contributed by atoms with Crippen molar-refractivity contribution in [3.05, 3.63) is 90.1 Å². The molecule has 1 saturated heterocycles. The first-order chi connectivity index (χ1) is 19.3. The van der Waals surface area contributed by atoms with E-state index >= 15 is 0 Å². The van der Waals surface area contributed by atoms with Crippen molar-refractivity contribution in [3.8, 4) is 11.6 Å². The lowest BCUT2D eigenvalue weighted by Gasteiger charge is -2.24. The molecule has 1 saturated carbocycles. The number of piperidine rings is 1. The molecule has 0 N–H and O–H groups in total. The summed E-state index contributed by atoms with van der Waals surface area (Å²) in [6.45, 7) is 3.14. The molecular formula is C28H26FN7O3S. The SMILES string of the molecule is Cc1cc2c(cnn2-c2ccc(F)cc2)cc1C12CN(S(=O)(=O)c3cnn(C)n3)CC1C2COc1ccccn1. The molecule has 4 heterocycles. The van der Waals surface area contributed by atoms with Gasteiger partial charge in [0.1, 0.15) is 5.82 Å². The number of aryl methyl sites for hydroxylation is 2. The lowest BCUT2D eigenvalue weighted by molar-refractivity contribution is 0.253. The van der Waals surface area contributed by atoms with Crippen molar-refractivity contribution in [3.63, 3.8) is 0 Å². The average Bonchev–Trinajstić information content (AvgIpc) is 3.40. The Kier molecular flexibility index (Phi) is 5.55. The van der Waals surface area contributed by atoms with Crippen LogP contribution in [-0.4, -0.2) is 62.2 Å². The summed E-state index contributed by atoms with van der Waals surface area (Å²) in [4.78, 5) is 5.53. The monoisotopic (exact) mass is 559 g/mol. The van der Waals surface area contributed by atoms with Crippen molar-refractivity contribution in [2.75, 3.05) is 19.7 Å². The molecule has 10 nitrogen and oxygen atoms in total. The summed E-state index contributed by atoms with van der Waals surface area (Å²) >= 11 is 0. The molecular weight excluding hydrogens is 533 g/mol. The minimum Gasteiger partial charge on any atom is -0.477 e. The van der Waals surface area contributed by atoms with Gasteiger partial charge in [-0.2, -0.15) is 19.3 Å². The van der Waals surface area contributed by atoms with Crippen LogP contribution in [-0.2, 0) is 22.5 Å². The minimum absolute atomic E-state index is 0.0551. The molecule has 0 amide bonds. The third-order valence-electron chi connectivity index (χ3n) is 8.26. The van der Waals surface area contributed by atoms with Crippen molar-refractivity contribution in [1.82, 2.24) is 34.1 Å². The van der Waals surface area contributed by atoms with Crippen LogP contribution < -0.4 is 4.74 Å². The maximum absolute atomic E-state index is 13.5. The van der Waals surface area contributed by atoms with Gasteiger partial charge < -0.3 is 4.74 Å². The summed E-state index contributed by atoms with van der Waals surface area (Å²) in [7, 11) is -2.21. The van der Waals surface area contributed by atoms with Crippen LogP contribution in [0.3, 0.4) is 0 Å². The normalized spacial score (nSPS) is 22.5. The first kappa shape index (κ1) is 24.9. The number of benzene rings is 2. The highest BCUT2D eigenvalue weighted by Gasteiger charge is 2.71. The maximum atomic E-state index is 13.5. The van der Waals surface area contributed by atoms with Gasteiger partial charge in [0.05, 0.1) is 30.2 Å². The fourth-order valence-electron chi connectivity index (χ4n) is 6.29. The van der Waals surface area contributed by atoms with E-state index in [1.807, 2.05) is 25.1 Å². The van der Waals surface area contributed by atoms with Crippen LogP contribution in [0, 0.1) is 24.6 Å². The van der Waals surface area contributed by atoms with Crippen LogP contribution in [0.15, 0.2) is 78.2 Å². The highest BCUT2D eigenvalue weighted by atomic mass is 32.2. The molecule has 2 aliphatic rings. The molecule has 1 aliphatic heterocycles. The molecule has 3 unspecified atom stereocenters. The van der Waals surface area contributed by atoms with Crippen molar-refractivity contribution >= 4 is 20.9 Å². The number of fused-ring (bicyclic) bond motifs is 2. The van der Waals surface area contributed by atoms with Crippen LogP contribution >= 0.6 is 0 Å². The van der Waals surface area contributed by atoms with Crippen LogP contribution in [0.2, 0.25) is 0 Å². The van der Waals surface area contributed by atoms with E-state index in [9.17, 15) is 12.8 Å². The van der Waals surface area contributed by atoms with E-state index in [2.05, 4.69) is 32.4 Å². The Bertz CT molecular complexity index is 1840. The first-order valence-corrected chi connectivity index (χ1v) is 14.4. The van der Waals surface area contributed by atoms with Gasteiger partial charge in [-0.05, 0) is 66.4 Å². The highest BCUT2D eigenvalue weighted by molar-refractivity contribution is 7.89. The second kappa shape index (κ2) is 8.93. The number of rotatable bonds is 7. The summed E-state index contributed by atoms with van der Waals surface area (Å²) in [5.41, 5.74) is 3.33. The molecule has 12 heteroatoms. The van der Waals surface area contributed by atoms with Crippen molar-refractivity contribution in [1.29, 1.82) is 0 Å². The van der Waals surface area contributed by atoms with Crippen molar-refractivity contribution in [2.45, 2.75) is 17.4 Å². The second-order valence-electron chi connectivity index (χ2n) is 10.5. The Balaban J connectivity index is 1.26. The second-order valence-corrected chi connectivity index (χ2v) is 12.3. The third kappa shape index (κ3) is 3.81. The van der Waals surface area contributed by atoms with Gasteiger partial charge in [-0.3, -0.25) is 0 Å². The van der Waals surface area contributed by atoms with Gasteiger partial charge in [0.15, 0.2) is 0 Å². The molecule has 0 bridgehead atoms. The van der Waals surface area contributed by atoms with Gasteiger partial charge >= 0.3 is 0 Å². The molecule has 7 rings (SSSR count). The van der Waals surface area contributed by atoms with Crippen LogP contribution in [0.1, 0.15) is 11.1 Å². The van der Waals surface area contributed by atoms with E-state index in [1.54, 1.807) is 36.3 Å². The molecule has 204 valence electrons. The fraction of sp³-hybridized carbons (Fsp3) is 0.286. The highest BCUT2D eigenvalue weighted by Crippen LogP contribution is 2.65. The van der Waals surface area contributed by atoms with E-state index in [0.29, 0.717) is 25.6 Å². The smallest absolute Gasteiger partial charge is 0.264 e. The van der Waals surface area contributed by atoms with Gasteiger partial charge in [0.25, 0.3) is 10.0 Å². The molecule has 0 radical (unpaired) electrons. The van der Waals surface area contributed by atoms with Gasteiger partial charge in [0, 0.05) is 49.1 Å². The van der Waals surface area contributed by atoms with Gasteiger partial charge in [0.2, 0.25) is 10.9 Å². The van der Waals surface area contributed by atoms with Crippen molar-refractivity contribution < 1.29 is 17.5 Å². The summed E-state index contributed by atoms with van der Waals surface area (Å²) in [5, 5.41) is 13.5. The molecule has 5 aromatic rings. The summed E-state index contributed by atoms with van der Waals surface area (Å²) in [6.07, 6.45) is 4.76. The molecule has 3 atom stereocenters. The number of sulfonamides is 1. The van der Waals surface area contributed by atoms with Crippen LogP contribution in [0.25, 0.3) is 16.6 Å². The molecule has 2 aromatic carbocycles. The standard InChI is InChI=1S/C28H26FN7O3S/c1-18-11-25-19(13-32-36(25)21-8-6-20(29)7-9-21)12-22(18)28-17-35(40(37,38)27-14-31-34(2)33-27)15-23(28)24(28)16-39-26-5-3-4-10-30-26/h3-14,23-24H,15-17H2,1-2H3. The summed E-state index contributed by atoms with van der Waals surface area (Å²) in [6, 6.07) is 15.9. The number of halogens is 1.